The summed E-state index contributed by atoms with van der Waals surface area (Å²) in [4.78, 5) is 21.2. The summed E-state index contributed by atoms with van der Waals surface area (Å²) < 4.78 is 42.3. The Balaban J connectivity index is 1.43. The van der Waals surface area contributed by atoms with Crippen molar-refractivity contribution >= 4 is 11.4 Å². The number of benzene rings is 1. The van der Waals surface area contributed by atoms with Gasteiger partial charge in [0, 0.05) is 36.3 Å². The highest BCUT2D eigenvalue weighted by Gasteiger charge is 2.31. The van der Waals surface area contributed by atoms with E-state index in [-0.39, 0.29) is 18.2 Å². The predicted molar refractivity (Wildman–Crippen MR) is 110 cm³/mol. The third kappa shape index (κ3) is 4.69. The van der Waals surface area contributed by atoms with Crippen molar-refractivity contribution in [2.24, 2.45) is 0 Å². The molecule has 10 heteroatoms. The maximum Gasteiger partial charge on any atom is 0.573 e. The average molecular weight is 441 g/mol. The molecule has 0 aliphatic carbocycles. The Bertz CT molecular complexity index is 1270. The number of halogens is 3. The Hall–Kier alpha value is -3.95. The van der Waals surface area contributed by atoms with Gasteiger partial charge in [0.1, 0.15) is 5.75 Å². The molecule has 1 amide bonds. The maximum atomic E-state index is 12.7. The zero-order chi connectivity index (χ0) is 22.9. The van der Waals surface area contributed by atoms with Gasteiger partial charge in [0.2, 0.25) is 0 Å². The van der Waals surface area contributed by atoms with Crippen LogP contribution in [0.1, 0.15) is 27.2 Å². The molecule has 3 aromatic heterocycles. The van der Waals surface area contributed by atoms with Crippen molar-refractivity contribution in [2.75, 3.05) is 0 Å². The molecule has 0 saturated carbocycles. The number of alkyl halides is 3. The van der Waals surface area contributed by atoms with Gasteiger partial charge >= 0.3 is 6.36 Å². The second kappa shape index (κ2) is 8.29. The number of amides is 1. The van der Waals surface area contributed by atoms with Gasteiger partial charge in [-0.2, -0.15) is 5.10 Å². The molecular weight excluding hydrogens is 423 g/mol. The number of pyridine rings is 1. The van der Waals surface area contributed by atoms with Gasteiger partial charge in [-0.05, 0) is 55.8 Å². The minimum absolute atomic E-state index is 0.208. The number of nitrogens with one attached hydrogen (secondary N) is 1. The molecule has 7 nitrogen and oxygen atoms in total. The van der Waals surface area contributed by atoms with Crippen molar-refractivity contribution in [3.8, 4) is 17.1 Å². The monoisotopic (exact) mass is 441 g/mol. The number of carbonyl (C=O) groups excluding carboxylic acids is 1. The van der Waals surface area contributed by atoms with Crippen LogP contribution in [0.5, 0.6) is 5.75 Å². The topological polar surface area (TPSA) is 81.4 Å². The number of rotatable bonds is 5. The van der Waals surface area contributed by atoms with Crippen molar-refractivity contribution in [1.29, 1.82) is 0 Å². The first-order valence-corrected chi connectivity index (χ1v) is 9.60. The molecule has 1 aromatic carbocycles. The number of carbonyl (C=O) groups is 1. The summed E-state index contributed by atoms with van der Waals surface area (Å²) in [6, 6.07) is 9.08. The average Bonchev–Trinajstić information content (AvgIpc) is 3.07. The van der Waals surface area contributed by atoms with Gasteiger partial charge in [-0.3, -0.25) is 4.79 Å². The lowest BCUT2D eigenvalue weighted by Gasteiger charge is -2.09. The quantitative estimate of drug-likeness (QED) is 0.501. The minimum atomic E-state index is -4.75. The van der Waals surface area contributed by atoms with E-state index in [9.17, 15) is 18.0 Å². The van der Waals surface area contributed by atoms with Crippen LogP contribution < -0.4 is 10.1 Å². The molecule has 0 spiro atoms. The van der Waals surface area contributed by atoms with E-state index in [0.29, 0.717) is 28.2 Å². The van der Waals surface area contributed by atoms with E-state index in [4.69, 9.17) is 0 Å². The van der Waals surface area contributed by atoms with Crippen LogP contribution in [0.4, 0.5) is 13.2 Å². The predicted octanol–water partition coefficient (Wildman–Crippen LogP) is 4.24. The smallest absolute Gasteiger partial charge is 0.406 e. The Morgan fingerprint density at radius 1 is 1.09 bits per heavy atom. The lowest BCUT2D eigenvalue weighted by Crippen LogP contribution is -2.23. The second-order valence-corrected chi connectivity index (χ2v) is 7.16. The van der Waals surface area contributed by atoms with Gasteiger partial charge in [0.25, 0.3) is 5.91 Å². The van der Waals surface area contributed by atoms with Crippen molar-refractivity contribution in [1.82, 2.24) is 24.9 Å². The zero-order valence-corrected chi connectivity index (χ0v) is 17.1. The van der Waals surface area contributed by atoms with Crippen LogP contribution in [0, 0.1) is 13.8 Å². The van der Waals surface area contributed by atoms with Crippen LogP contribution in [0.3, 0.4) is 0 Å². The first kappa shape index (κ1) is 21.3. The molecule has 0 radical (unpaired) electrons. The number of ether oxygens (including phenoxy) is 1. The summed E-state index contributed by atoms with van der Waals surface area (Å²) in [5.74, 6) is -0.237. The van der Waals surface area contributed by atoms with Crippen LogP contribution in [-0.2, 0) is 6.54 Å². The molecule has 164 valence electrons. The lowest BCUT2D eigenvalue weighted by molar-refractivity contribution is -0.274. The summed E-state index contributed by atoms with van der Waals surface area (Å²) in [6.45, 7) is 3.93. The molecule has 4 rings (SSSR count). The van der Waals surface area contributed by atoms with Gasteiger partial charge < -0.3 is 10.1 Å². The Labute approximate surface area is 180 Å². The maximum absolute atomic E-state index is 12.7. The molecule has 0 fully saturated rings. The summed E-state index contributed by atoms with van der Waals surface area (Å²) in [6.07, 6.45) is 0.166. The molecule has 0 unspecified atom stereocenters. The third-order valence-electron chi connectivity index (χ3n) is 4.70. The van der Waals surface area contributed by atoms with E-state index < -0.39 is 6.36 Å². The molecule has 0 aliphatic heterocycles. The van der Waals surface area contributed by atoms with E-state index in [1.807, 2.05) is 25.3 Å². The third-order valence-corrected chi connectivity index (χ3v) is 4.70. The normalized spacial score (nSPS) is 11.5. The van der Waals surface area contributed by atoms with Crippen LogP contribution in [-0.4, -0.2) is 31.9 Å². The van der Waals surface area contributed by atoms with Crippen molar-refractivity contribution in [3.63, 3.8) is 0 Å². The van der Waals surface area contributed by atoms with Crippen molar-refractivity contribution in [3.05, 3.63) is 77.4 Å². The number of aryl methyl sites for hydroxylation is 2. The molecular formula is C22H18F3N5O2. The molecule has 0 bridgehead atoms. The fraction of sp³-hybridized carbons (Fsp3) is 0.182. The summed E-state index contributed by atoms with van der Waals surface area (Å²) in [5.41, 5.74) is 4.08. The van der Waals surface area contributed by atoms with Crippen LogP contribution in [0.2, 0.25) is 0 Å². The number of nitrogens with zero attached hydrogens (tertiary/aromatic N) is 4. The Kier molecular flexibility index (Phi) is 5.52. The number of aromatic nitrogens is 4. The second-order valence-electron chi connectivity index (χ2n) is 7.16. The SMILES string of the molecule is Cc1ccn2nc(C)c(C(=O)NCc3cnc(-c4ccc(OC(F)(F)F)cc4)nc3)c2c1. The molecule has 1 N–H and O–H groups in total. The zero-order valence-electron chi connectivity index (χ0n) is 17.1. The minimum Gasteiger partial charge on any atom is -0.406 e. The highest BCUT2D eigenvalue weighted by Crippen LogP contribution is 2.25. The first-order chi connectivity index (χ1) is 15.2. The van der Waals surface area contributed by atoms with Crippen LogP contribution in [0.25, 0.3) is 16.9 Å². The largest absolute Gasteiger partial charge is 0.573 e. The Morgan fingerprint density at radius 2 is 1.78 bits per heavy atom. The fourth-order valence-corrected chi connectivity index (χ4v) is 3.22. The number of hydrogen-bond donors (Lipinski definition) is 1. The van der Waals surface area contributed by atoms with E-state index in [1.54, 1.807) is 23.8 Å². The van der Waals surface area contributed by atoms with E-state index in [2.05, 4.69) is 25.1 Å². The number of fused-ring (bicyclic) bond motifs is 1. The molecule has 0 atom stereocenters. The summed E-state index contributed by atoms with van der Waals surface area (Å²) >= 11 is 0. The molecule has 0 aliphatic rings. The highest BCUT2D eigenvalue weighted by atomic mass is 19.4. The van der Waals surface area contributed by atoms with Crippen molar-refractivity contribution in [2.45, 2.75) is 26.8 Å². The first-order valence-electron chi connectivity index (χ1n) is 9.60. The summed E-state index contributed by atoms with van der Waals surface area (Å²) in [5, 5.41) is 7.21. The summed E-state index contributed by atoms with van der Waals surface area (Å²) in [7, 11) is 0. The van der Waals surface area contributed by atoms with Gasteiger partial charge in [-0.15, -0.1) is 13.2 Å². The van der Waals surface area contributed by atoms with E-state index >= 15 is 0 Å². The van der Waals surface area contributed by atoms with Gasteiger partial charge in [-0.25, -0.2) is 14.5 Å². The highest BCUT2D eigenvalue weighted by molar-refractivity contribution is 6.02. The molecule has 3 heterocycles. The van der Waals surface area contributed by atoms with Gasteiger partial charge in [-0.1, -0.05) is 0 Å². The van der Waals surface area contributed by atoms with Crippen LogP contribution in [0.15, 0.2) is 55.0 Å². The van der Waals surface area contributed by atoms with Gasteiger partial charge in [0.05, 0.1) is 16.8 Å². The molecule has 0 saturated heterocycles. The molecule has 32 heavy (non-hydrogen) atoms. The standard InChI is InChI=1S/C22H18F3N5O2/c1-13-7-8-30-18(9-13)19(14(2)29-30)21(31)28-12-15-10-26-20(27-11-15)16-3-5-17(6-4-16)32-22(23,24)25/h3-11H,12H2,1-2H3,(H,28,31). The number of hydrogen-bond acceptors (Lipinski definition) is 5. The van der Waals surface area contributed by atoms with Gasteiger partial charge in [0.15, 0.2) is 5.82 Å². The molecule has 4 aromatic rings. The fourth-order valence-electron chi connectivity index (χ4n) is 3.22. The van der Waals surface area contributed by atoms with E-state index in [1.165, 1.54) is 24.3 Å². The Morgan fingerprint density at radius 3 is 2.44 bits per heavy atom. The lowest BCUT2D eigenvalue weighted by atomic mass is 10.1. The van der Waals surface area contributed by atoms with E-state index in [0.717, 1.165) is 11.1 Å². The van der Waals surface area contributed by atoms with Crippen molar-refractivity contribution < 1.29 is 22.7 Å². The van der Waals surface area contributed by atoms with Crippen LogP contribution >= 0.6 is 0 Å².